The zero-order valence-corrected chi connectivity index (χ0v) is 21.8. The third-order valence-corrected chi connectivity index (χ3v) is 6.48. The van der Waals surface area contributed by atoms with Crippen molar-refractivity contribution in [1.82, 2.24) is 9.66 Å². The molecule has 4 aromatic carbocycles. The van der Waals surface area contributed by atoms with Gasteiger partial charge in [-0.15, -0.1) is 0 Å². The number of hydrogen-bond donors (Lipinski definition) is 0. The van der Waals surface area contributed by atoms with Gasteiger partial charge in [-0.2, -0.15) is 9.78 Å². The molecule has 10 heteroatoms. The normalized spacial score (nSPS) is 11.3. The van der Waals surface area contributed by atoms with E-state index in [1.807, 2.05) is 30.3 Å². The molecule has 41 heavy (non-hydrogen) atoms. The van der Waals surface area contributed by atoms with Crippen molar-refractivity contribution < 1.29 is 18.8 Å². The van der Waals surface area contributed by atoms with Crippen molar-refractivity contribution in [3.63, 3.8) is 0 Å². The molecule has 0 N–H and O–H groups in total. The molecule has 202 valence electrons. The van der Waals surface area contributed by atoms with Crippen LogP contribution in [0.1, 0.15) is 11.1 Å². The molecule has 0 spiro atoms. The van der Waals surface area contributed by atoms with E-state index in [0.717, 1.165) is 10.2 Å². The maximum absolute atomic E-state index is 13.7. The predicted molar refractivity (Wildman–Crippen MR) is 155 cm³/mol. The Labute approximate surface area is 232 Å². The van der Waals surface area contributed by atoms with Gasteiger partial charge in [-0.1, -0.05) is 54.6 Å². The third kappa shape index (κ3) is 4.89. The number of nitrogens with zero attached hydrogens (tertiary/aromatic N) is 4. The molecular weight excluding hydrogens is 524 g/mol. The van der Waals surface area contributed by atoms with E-state index in [2.05, 4.69) is 10.1 Å². The maximum Gasteiger partial charge on any atom is 0.311 e. The summed E-state index contributed by atoms with van der Waals surface area (Å²) >= 11 is 0. The number of benzene rings is 4. The molecule has 10 nitrogen and oxygen atoms in total. The first-order valence-electron chi connectivity index (χ1n) is 12.6. The molecule has 0 aliphatic carbocycles. The summed E-state index contributed by atoms with van der Waals surface area (Å²) in [5, 5.41) is 17.3. The first-order valence-corrected chi connectivity index (χ1v) is 12.6. The number of furan rings is 1. The summed E-state index contributed by atoms with van der Waals surface area (Å²) < 4.78 is 18.6. The molecule has 0 aliphatic rings. The number of nitro groups is 1. The Hall–Kier alpha value is -5.77. The molecule has 6 aromatic rings. The fourth-order valence-electron chi connectivity index (χ4n) is 4.51. The van der Waals surface area contributed by atoms with Crippen molar-refractivity contribution in [2.24, 2.45) is 5.10 Å². The number of fused-ring (bicyclic) bond motifs is 2. The van der Waals surface area contributed by atoms with Crippen molar-refractivity contribution in [1.29, 1.82) is 0 Å². The molecule has 0 aliphatic heterocycles. The van der Waals surface area contributed by atoms with Gasteiger partial charge in [0.25, 0.3) is 5.56 Å². The number of hydrogen-bond acceptors (Lipinski definition) is 8. The molecule has 0 radical (unpaired) electrons. The van der Waals surface area contributed by atoms with Gasteiger partial charge < -0.3 is 13.9 Å². The summed E-state index contributed by atoms with van der Waals surface area (Å²) in [4.78, 5) is 29.7. The third-order valence-electron chi connectivity index (χ3n) is 6.48. The fraction of sp³-hybridized carbons (Fsp3) is 0.0645. The van der Waals surface area contributed by atoms with E-state index in [4.69, 9.17) is 13.9 Å². The number of nitro benzene ring substituents is 1. The van der Waals surface area contributed by atoms with Crippen molar-refractivity contribution in [3.05, 3.63) is 129 Å². The smallest absolute Gasteiger partial charge is 0.311 e. The molecule has 2 aromatic heterocycles. The van der Waals surface area contributed by atoms with Gasteiger partial charge in [0, 0.05) is 11.6 Å². The standard InChI is InChI=1S/C31H22N4O6/c1-39-26-15-8-16-27-23(26)17-28(41-27)30-33-24-13-6-5-12-22(24)31(36)34(30)32-18-21-11-7-14-25(35(37)38)29(21)40-19-20-9-3-2-4-10-20/h2-18H,19H2,1H3. The van der Waals surface area contributed by atoms with Crippen LogP contribution in [0.5, 0.6) is 11.5 Å². The first kappa shape index (κ1) is 25.5. The van der Waals surface area contributed by atoms with E-state index in [9.17, 15) is 14.9 Å². The summed E-state index contributed by atoms with van der Waals surface area (Å²) in [5.74, 6) is 1.08. The van der Waals surface area contributed by atoms with Gasteiger partial charge in [0.1, 0.15) is 17.9 Å². The Morgan fingerprint density at radius 1 is 0.976 bits per heavy atom. The minimum absolute atomic E-state index is 0.0296. The highest BCUT2D eigenvalue weighted by atomic mass is 16.6. The number of methoxy groups -OCH3 is 1. The van der Waals surface area contributed by atoms with Crippen LogP contribution >= 0.6 is 0 Å². The average molecular weight is 547 g/mol. The zero-order chi connectivity index (χ0) is 28.3. The minimum atomic E-state index is -0.519. The van der Waals surface area contributed by atoms with Gasteiger partial charge >= 0.3 is 5.69 Å². The van der Waals surface area contributed by atoms with E-state index in [-0.39, 0.29) is 23.9 Å². The molecule has 0 fully saturated rings. The molecule has 0 saturated heterocycles. The van der Waals surface area contributed by atoms with E-state index in [1.54, 1.807) is 61.7 Å². The SMILES string of the molecule is COc1cccc2oc(-c3nc4ccccc4c(=O)n3N=Cc3cccc([N+](=O)[O-])c3OCc3ccccc3)cc12. The summed E-state index contributed by atoms with van der Waals surface area (Å²) in [6, 6.07) is 27.8. The van der Waals surface area contributed by atoms with Crippen LogP contribution in [-0.2, 0) is 6.61 Å². The van der Waals surface area contributed by atoms with E-state index in [1.165, 1.54) is 18.3 Å². The topological polar surface area (TPSA) is 122 Å². The molecule has 0 unspecified atom stereocenters. The highest BCUT2D eigenvalue weighted by molar-refractivity contribution is 5.89. The average Bonchev–Trinajstić information content (AvgIpc) is 3.44. The molecule has 0 atom stereocenters. The Morgan fingerprint density at radius 3 is 2.56 bits per heavy atom. The van der Waals surface area contributed by atoms with Gasteiger partial charge in [0.05, 0.1) is 34.5 Å². The lowest BCUT2D eigenvalue weighted by molar-refractivity contribution is -0.385. The zero-order valence-electron chi connectivity index (χ0n) is 21.8. The van der Waals surface area contributed by atoms with Crippen LogP contribution in [0, 0.1) is 10.1 Å². The monoisotopic (exact) mass is 546 g/mol. The second-order valence-electron chi connectivity index (χ2n) is 9.02. The van der Waals surface area contributed by atoms with Crippen LogP contribution in [0.3, 0.4) is 0 Å². The Balaban J connectivity index is 1.49. The Bertz CT molecular complexity index is 2000. The maximum atomic E-state index is 13.7. The second-order valence-corrected chi connectivity index (χ2v) is 9.02. The summed E-state index contributed by atoms with van der Waals surface area (Å²) in [6.45, 7) is 0.107. The quantitative estimate of drug-likeness (QED) is 0.127. The number of aromatic nitrogens is 2. The van der Waals surface area contributed by atoms with Crippen molar-refractivity contribution >= 4 is 33.8 Å². The van der Waals surface area contributed by atoms with Crippen LogP contribution in [0.25, 0.3) is 33.5 Å². The van der Waals surface area contributed by atoms with Crippen LogP contribution in [-0.4, -0.2) is 27.9 Å². The highest BCUT2D eigenvalue weighted by Crippen LogP contribution is 2.33. The van der Waals surface area contributed by atoms with Crippen LogP contribution < -0.4 is 15.0 Å². The molecule has 0 bridgehead atoms. The lowest BCUT2D eigenvalue weighted by Gasteiger charge is -2.10. The highest BCUT2D eigenvalue weighted by Gasteiger charge is 2.20. The van der Waals surface area contributed by atoms with Gasteiger partial charge in [0.2, 0.25) is 11.6 Å². The Kier molecular flexibility index (Phi) is 6.70. The number of ether oxygens (including phenoxy) is 2. The predicted octanol–water partition coefficient (Wildman–Crippen LogP) is 6.19. The van der Waals surface area contributed by atoms with E-state index < -0.39 is 10.5 Å². The minimum Gasteiger partial charge on any atom is -0.496 e. The largest absolute Gasteiger partial charge is 0.496 e. The van der Waals surface area contributed by atoms with E-state index >= 15 is 0 Å². The van der Waals surface area contributed by atoms with Crippen molar-refractivity contribution in [3.8, 4) is 23.1 Å². The Morgan fingerprint density at radius 2 is 1.76 bits per heavy atom. The number of rotatable bonds is 8. The fourth-order valence-corrected chi connectivity index (χ4v) is 4.51. The van der Waals surface area contributed by atoms with Crippen molar-refractivity contribution in [2.75, 3.05) is 7.11 Å². The van der Waals surface area contributed by atoms with Crippen LogP contribution in [0.4, 0.5) is 5.69 Å². The molecule has 0 saturated carbocycles. The lowest BCUT2D eigenvalue weighted by Crippen LogP contribution is -2.20. The van der Waals surface area contributed by atoms with Crippen molar-refractivity contribution in [2.45, 2.75) is 6.61 Å². The van der Waals surface area contributed by atoms with Gasteiger partial charge in [-0.3, -0.25) is 14.9 Å². The van der Waals surface area contributed by atoms with Crippen LogP contribution in [0.2, 0.25) is 0 Å². The summed E-state index contributed by atoms with van der Waals surface area (Å²) in [5.41, 5.74) is 1.50. The van der Waals surface area contributed by atoms with Gasteiger partial charge in [-0.05, 0) is 42.0 Å². The summed E-state index contributed by atoms with van der Waals surface area (Å²) in [7, 11) is 1.56. The van der Waals surface area contributed by atoms with Gasteiger partial charge in [0.15, 0.2) is 5.76 Å². The van der Waals surface area contributed by atoms with E-state index in [0.29, 0.717) is 38.9 Å². The first-order chi connectivity index (χ1) is 20.0. The summed E-state index contributed by atoms with van der Waals surface area (Å²) in [6.07, 6.45) is 1.35. The molecule has 0 amide bonds. The molecular formula is C31H22N4O6. The lowest BCUT2D eigenvalue weighted by atomic mass is 10.2. The molecule has 2 heterocycles. The van der Waals surface area contributed by atoms with Gasteiger partial charge in [-0.25, -0.2) is 4.98 Å². The second kappa shape index (κ2) is 10.8. The number of para-hydroxylation sites is 2. The molecule has 6 rings (SSSR count). The van der Waals surface area contributed by atoms with Crippen LogP contribution in [0.15, 0.2) is 111 Å².